The molecule has 1 heterocycles. The van der Waals surface area contributed by atoms with Gasteiger partial charge in [0.05, 0.1) is 23.7 Å². The van der Waals surface area contributed by atoms with Crippen molar-refractivity contribution >= 4 is 23.0 Å². The van der Waals surface area contributed by atoms with Crippen LogP contribution in [0.5, 0.6) is 0 Å². The van der Waals surface area contributed by atoms with Gasteiger partial charge in [-0.2, -0.15) is 0 Å². The second-order valence-electron chi connectivity index (χ2n) is 6.20. The number of aromatic amines is 2. The molecule has 2 rings (SSSR count). The molecule has 2 aromatic rings. The third-order valence-electron chi connectivity index (χ3n) is 3.90. The first-order valence-corrected chi connectivity index (χ1v) is 8.27. The summed E-state index contributed by atoms with van der Waals surface area (Å²) in [5.74, 6) is -0.390. The van der Waals surface area contributed by atoms with E-state index in [1.54, 1.807) is 19.1 Å². The lowest BCUT2D eigenvalue weighted by Gasteiger charge is -2.24. The van der Waals surface area contributed by atoms with Crippen LogP contribution in [0.15, 0.2) is 23.0 Å². The van der Waals surface area contributed by atoms with Crippen LogP contribution in [-0.2, 0) is 9.53 Å². The Morgan fingerprint density at radius 2 is 1.80 bits per heavy atom. The zero-order valence-corrected chi connectivity index (χ0v) is 14.8. The van der Waals surface area contributed by atoms with Gasteiger partial charge in [0, 0.05) is 0 Å². The van der Waals surface area contributed by atoms with Gasteiger partial charge in [-0.25, -0.2) is 9.59 Å². The predicted molar refractivity (Wildman–Crippen MR) is 94.3 cm³/mol. The molecule has 0 fully saturated rings. The van der Waals surface area contributed by atoms with Gasteiger partial charge in [-0.1, -0.05) is 19.9 Å². The van der Waals surface area contributed by atoms with Crippen molar-refractivity contribution in [2.75, 3.05) is 6.61 Å². The fourth-order valence-corrected chi connectivity index (χ4v) is 2.54. The van der Waals surface area contributed by atoms with Crippen LogP contribution in [-0.4, -0.2) is 34.6 Å². The van der Waals surface area contributed by atoms with E-state index in [0.29, 0.717) is 11.0 Å². The summed E-state index contributed by atoms with van der Waals surface area (Å²) < 4.78 is 4.85. The summed E-state index contributed by atoms with van der Waals surface area (Å²) in [5, 5.41) is 5.47. The minimum atomic E-state index is -0.697. The van der Waals surface area contributed by atoms with E-state index in [1.165, 1.54) is 0 Å². The first-order valence-electron chi connectivity index (χ1n) is 8.27. The van der Waals surface area contributed by atoms with Crippen molar-refractivity contribution in [2.45, 2.75) is 39.8 Å². The lowest BCUT2D eigenvalue weighted by Crippen LogP contribution is -2.50. The molecule has 0 aliphatic carbocycles. The number of imidazole rings is 1. The fourth-order valence-electron chi connectivity index (χ4n) is 2.54. The molecular weight excluding hydrogens is 324 g/mol. The zero-order chi connectivity index (χ0) is 18.6. The molecule has 0 aliphatic rings. The van der Waals surface area contributed by atoms with Crippen LogP contribution >= 0.6 is 0 Å². The number of rotatable bonds is 6. The van der Waals surface area contributed by atoms with Crippen LogP contribution in [0, 0.1) is 5.92 Å². The minimum absolute atomic E-state index is 0.0971. The van der Waals surface area contributed by atoms with Crippen LogP contribution in [0.3, 0.4) is 0 Å². The monoisotopic (exact) mass is 348 g/mol. The number of ether oxygens (including phenoxy) is 1. The molecule has 2 atom stereocenters. The number of H-pyrrole nitrogens is 2. The Labute approximate surface area is 145 Å². The third kappa shape index (κ3) is 4.62. The largest absolute Gasteiger partial charge is 0.450 e. The number of carbonyl (C=O) groups excluding carboxylic acids is 2. The molecular formula is C17H24N4O4. The zero-order valence-electron chi connectivity index (χ0n) is 14.8. The molecule has 1 aromatic carbocycles. The predicted octanol–water partition coefficient (Wildman–Crippen LogP) is 1.80. The molecule has 0 aliphatic heterocycles. The summed E-state index contributed by atoms with van der Waals surface area (Å²) in [7, 11) is 0. The maximum absolute atomic E-state index is 12.5. The highest BCUT2D eigenvalue weighted by Crippen LogP contribution is 2.17. The van der Waals surface area contributed by atoms with Crippen molar-refractivity contribution in [3.8, 4) is 0 Å². The van der Waals surface area contributed by atoms with Gasteiger partial charge in [0.1, 0.15) is 6.04 Å². The number of hydrogen-bond acceptors (Lipinski definition) is 4. The van der Waals surface area contributed by atoms with Crippen molar-refractivity contribution in [3.05, 3.63) is 34.2 Å². The van der Waals surface area contributed by atoms with Gasteiger partial charge in [0.25, 0.3) is 0 Å². The van der Waals surface area contributed by atoms with Crippen LogP contribution in [0.1, 0.15) is 39.3 Å². The number of alkyl carbamates (subject to hydrolysis) is 1. The Kier molecular flexibility index (Phi) is 5.84. The van der Waals surface area contributed by atoms with Gasteiger partial charge in [0.15, 0.2) is 0 Å². The number of nitrogens with one attached hydrogen (secondary N) is 4. The van der Waals surface area contributed by atoms with Crippen molar-refractivity contribution in [1.29, 1.82) is 0 Å². The summed E-state index contributed by atoms with van der Waals surface area (Å²) >= 11 is 0. The summed E-state index contributed by atoms with van der Waals surface area (Å²) in [5.41, 5.74) is 1.95. The van der Waals surface area contributed by atoms with Gasteiger partial charge in [0.2, 0.25) is 5.91 Å². The van der Waals surface area contributed by atoms with Gasteiger partial charge in [-0.05, 0) is 37.5 Å². The average molecular weight is 348 g/mol. The SMILES string of the molecule is CCOC(=O)NC(C(=O)NC(C)c1ccc2[nH]c(=O)[nH]c2c1)C(C)C. The number of benzene rings is 1. The van der Waals surface area contributed by atoms with Gasteiger partial charge in [-0.3, -0.25) is 4.79 Å². The molecule has 25 heavy (non-hydrogen) atoms. The summed E-state index contributed by atoms with van der Waals surface area (Å²) in [4.78, 5) is 40.8. The molecule has 2 amide bonds. The molecule has 136 valence electrons. The van der Waals surface area contributed by atoms with Crippen molar-refractivity contribution in [2.24, 2.45) is 5.92 Å². The molecule has 4 N–H and O–H groups in total. The van der Waals surface area contributed by atoms with Crippen LogP contribution < -0.4 is 16.3 Å². The number of amides is 2. The maximum Gasteiger partial charge on any atom is 0.407 e. The molecule has 0 spiro atoms. The topological polar surface area (TPSA) is 116 Å². The summed E-state index contributed by atoms with van der Waals surface area (Å²) in [6, 6.07) is 4.43. The Hall–Kier alpha value is -2.77. The second kappa shape index (κ2) is 7.87. The van der Waals surface area contributed by atoms with E-state index in [9.17, 15) is 14.4 Å². The standard InChI is InChI=1S/C17H24N4O4/c1-5-25-17(24)21-14(9(2)3)15(22)18-10(4)11-6-7-12-13(8-11)20-16(23)19-12/h6-10,14H,5H2,1-4H3,(H,18,22)(H,21,24)(H2,19,20,23). The Bertz CT molecular complexity index is 808. The molecule has 8 heteroatoms. The van der Waals surface area contributed by atoms with Crippen molar-refractivity contribution < 1.29 is 14.3 Å². The molecule has 0 saturated heterocycles. The number of carbonyl (C=O) groups is 2. The van der Waals surface area contributed by atoms with Crippen LogP contribution in [0.25, 0.3) is 11.0 Å². The number of aromatic nitrogens is 2. The lowest BCUT2D eigenvalue weighted by molar-refractivity contribution is -0.124. The smallest absolute Gasteiger partial charge is 0.407 e. The number of fused-ring (bicyclic) bond motifs is 1. The highest BCUT2D eigenvalue weighted by atomic mass is 16.5. The van der Waals surface area contributed by atoms with Crippen LogP contribution in [0.4, 0.5) is 4.79 Å². The first-order chi connectivity index (χ1) is 11.8. The third-order valence-corrected chi connectivity index (χ3v) is 3.90. The molecule has 0 saturated carbocycles. The molecule has 8 nitrogen and oxygen atoms in total. The number of hydrogen-bond donors (Lipinski definition) is 4. The van der Waals surface area contributed by atoms with Crippen molar-refractivity contribution in [1.82, 2.24) is 20.6 Å². The lowest BCUT2D eigenvalue weighted by atomic mass is 10.0. The van der Waals surface area contributed by atoms with E-state index < -0.39 is 12.1 Å². The van der Waals surface area contributed by atoms with Gasteiger partial charge in [-0.15, -0.1) is 0 Å². The second-order valence-corrected chi connectivity index (χ2v) is 6.20. The van der Waals surface area contributed by atoms with E-state index >= 15 is 0 Å². The quantitative estimate of drug-likeness (QED) is 0.637. The Morgan fingerprint density at radius 3 is 2.44 bits per heavy atom. The van der Waals surface area contributed by atoms with Gasteiger partial charge < -0.3 is 25.3 Å². The van der Waals surface area contributed by atoms with Crippen LogP contribution in [0.2, 0.25) is 0 Å². The van der Waals surface area contributed by atoms with E-state index in [4.69, 9.17) is 4.74 Å². The highest BCUT2D eigenvalue weighted by molar-refractivity contribution is 5.86. The van der Waals surface area contributed by atoms with E-state index in [-0.39, 0.29) is 30.2 Å². The van der Waals surface area contributed by atoms with Crippen molar-refractivity contribution in [3.63, 3.8) is 0 Å². The summed E-state index contributed by atoms with van der Waals surface area (Å²) in [6.07, 6.45) is -0.615. The highest BCUT2D eigenvalue weighted by Gasteiger charge is 2.26. The Balaban J connectivity index is 2.09. The van der Waals surface area contributed by atoms with E-state index in [0.717, 1.165) is 5.56 Å². The molecule has 2 unspecified atom stereocenters. The summed E-state index contributed by atoms with van der Waals surface area (Å²) in [6.45, 7) is 7.47. The maximum atomic E-state index is 12.5. The normalized spacial score (nSPS) is 13.5. The molecule has 0 bridgehead atoms. The molecule has 0 radical (unpaired) electrons. The van der Waals surface area contributed by atoms with E-state index in [2.05, 4.69) is 20.6 Å². The van der Waals surface area contributed by atoms with E-state index in [1.807, 2.05) is 26.8 Å². The fraction of sp³-hybridized carbons (Fsp3) is 0.471. The Morgan fingerprint density at radius 1 is 1.12 bits per heavy atom. The molecule has 1 aromatic heterocycles. The van der Waals surface area contributed by atoms with Gasteiger partial charge >= 0.3 is 11.8 Å². The first kappa shape index (κ1) is 18.6. The minimum Gasteiger partial charge on any atom is -0.450 e. The average Bonchev–Trinajstić information content (AvgIpc) is 2.91.